The Labute approximate surface area is 206 Å². The van der Waals surface area contributed by atoms with E-state index < -0.39 is 5.69 Å². The molecule has 0 bridgehead atoms. The minimum atomic E-state index is -0.473. The number of amides is 1. The smallest absolute Gasteiger partial charge is 0.410 e. The second kappa shape index (κ2) is 9.48. The fraction of sp³-hybridized carbons (Fsp3) is 0.375. The maximum atomic E-state index is 12.8. The molecular formula is C24H25ClN4O4S. The summed E-state index contributed by atoms with van der Waals surface area (Å²) in [6.07, 6.45) is -0.309. The number of carbonyl (C=O) groups excluding carboxylic acids is 1. The molecular weight excluding hydrogens is 476 g/mol. The molecule has 5 rings (SSSR count). The summed E-state index contributed by atoms with van der Waals surface area (Å²) < 4.78 is 7.13. The molecule has 2 aliphatic rings. The van der Waals surface area contributed by atoms with Crippen molar-refractivity contribution < 1.29 is 14.6 Å². The normalized spacial score (nSPS) is 18.3. The quantitative estimate of drug-likeness (QED) is 0.584. The predicted octanol–water partition coefficient (Wildman–Crippen LogP) is 3.67. The minimum Gasteiger partial charge on any atom is -0.493 e. The highest BCUT2D eigenvalue weighted by Gasteiger charge is 2.31. The highest BCUT2D eigenvalue weighted by atomic mass is 35.5. The average Bonchev–Trinajstić information content (AvgIpc) is 2.85. The van der Waals surface area contributed by atoms with Crippen LogP contribution in [0.2, 0.25) is 5.02 Å². The zero-order valence-corrected chi connectivity index (χ0v) is 20.3. The van der Waals surface area contributed by atoms with Crippen LogP contribution in [0, 0.1) is 6.92 Å². The first-order chi connectivity index (χ1) is 16.4. The van der Waals surface area contributed by atoms with Crippen molar-refractivity contribution in [3.05, 3.63) is 63.0 Å². The first kappa shape index (κ1) is 23.0. The molecule has 1 N–H and O–H groups in total. The van der Waals surface area contributed by atoms with Gasteiger partial charge < -0.3 is 14.7 Å². The molecule has 0 saturated carbocycles. The molecule has 1 aromatic heterocycles. The lowest BCUT2D eigenvalue weighted by Gasteiger charge is -2.37. The number of aromatic hydroxyl groups is 1. The number of ether oxygens (including phenoxy) is 1. The predicted molar refractivity (Wildman–Crippen MR) is 132 cm³/mol. The third kappa shape index (κ3) is 4.35. The second-order valence-electron chi connectivity index (χ2n) is 8.61. The van der Waals surface area contributed by atoms with E-state index in [0.29, 0.717) is 54.4 Å². The molecule has 34 heavy (non-hydrogen) atoms. The van der Waals surface area contributed by atoms with E-state index in [1.807, 2.05) is 37.3 Å². The largest absolute Gasteiger partial charge is 0.493 e. The molecule has 1 saturated heterocycles. The molecule has 0 aliphatic carbocycles. The highest BCUT2D eigenvalue weighted by Crippen LogP contribution is 2.43. The van der Waals surface area contributed by atoms with Crippen molar-refractivity contribution in [2.45, 2.75) is 24.5 Å². The molecule has 1 amide bonds. The summed E-state index contributed by atoms with van der Waals surface area (Å²) in [6.45, 7) is 5.28. The van der Waals surface area contributed by atoms with Crippen molar-refractivity contribution in [2.75, 3.05) is 38.5 Å². The van der Waals surface area contributed by atoms with Crippen molar-refractivity contribution in [1.82, 2.24) is 19.4 Å². The number of piperazine rings is 1. The first-order valence-electron chi connectivity index (χ1n) is 11.2. The van der Waals surface area contributed by atoms with Crippen LogP contribution in [0.3, 0.4) is 0 Å². The summed E-state index contributed by atoms with van der Waals surface area (Å²) in [5, 5.41) is 11.5. The number of aryl methyl sites for hydroxylation is 1. The third-order valence-electron chi connectivity index (χ3n) is 6.36. The third-order valence-corrected chi connectivity index (χ3v) is 8.19. The van der Waals surface area contributed by atoms with Gasteiger partial charge in [0.15, 0.2) is 0 Å². The Morgan fingerprint density at radius 3 is 2.71 bits per heavy atom. The summed E-state index contributed by atoms with van der Waals surface area (Å²) in [5.41, 5.74) is 1.98. The Hall–Kier alpha value is -2.75. The van der Waals surface area contributed by atoms with Crippen LogP contribution in [-0.4, -0.2) is 69.0 Å². The van der Waals surface area contributed by atoms with Crippen molar-refractivity contribution in [3.63, 3.8) is 0 Å². The van der Waals surface area contributed by atoms with Gasteiger partial charge in [0.1, 0.15) is 6.61 Å². The van der Waals surface area contributed by atoms with Gasteiger partial charge in [0.2, 0.25) is 5.88 Å². The van der Waals surface area contributed by atoms with Crippen LogP contribution >= 0.6 is 23.4 Å². The lowest BCUT2D eigenvalue weighted by Crippen LogP contribution is -2.51. The molecule has 178 valence electrons. The molecule has 2 aromatic carbocycles. The van der Waals surface area contributed by atoms with Gasteiger partial charge >= 0.3 is 11.8 Å². The summed E-state index contributed by atoms with van der Waals surface area (Å²) in [6, 6.07) is 11.3. The number of hydrogen-bond donors (Lipinski definition) is 1. The van der Waals surface area contributed by atoms with Gasteiger partial charge in [-0.05, 0) is 24.1 Å². The van der Waals surface area contributed by atoms with E-state index in [9.17, 15) is 14.7 Å². The van der Waals surface area contributed by atoms with Crippen molar-refractivity contribution in [2.24, 2.45) is 0 Å². The van der Waals surface area contributed by atoms with Gasteiger partial charge in [0, 0.05) is 38.5 Å². The molecule has 10 heteroatoms. The standard InChI is InChI=1S/C24H25ClN4O4S/c1-15-11-18-20-21(19(15)25)34-14-17(29(20)23(31)26-22(18)30)12-27-7-9-28(10-8-27)24(32)33-13-16-5-3-2-4-6-16/h2-6,11,17H,7-10,12-14H2,1H3,(H,26,30,31)/t17-/m0/s1. The molecule has 2 aliphatic heterocycles. The lowest BCUT2D eigenvalue weighted by molar-refractivity contribution is 0.0690. The van der Waals surface area contributed by atoms with Crippen molar-refractivity contribution >= 4 is 40.4 Å². The fourth-order valence-corrected chi connectivity index (χ4v) is 6.10. The number of hydrogen-bond acceptors (Lipinski definition) is 7. The molecule has 3 heterocycles. The first-order valence-corrected chi connectivity index (χ1v) is 12.5. The van der Waals surface area contributed by atoms with E-state index in [1.165, 1.54) is 0 Å². The zero-order chi connectivity index (χ0) is 23.8. The number of carbonyl (C=O) groups is 1. The SMILES string of the molecule is Cc1cc2c(O)nc(=O)n3c2c(c1Cl)SC[C@@H]3CN1CCN(C(=O)OCc2ccccc2)CC1. The van der Waals surface area contributed by atoms with Gasteiger partial charge in [-0.15, -0.1) is 11.8 Å². The van der Waals surface area contributed by atoms with Crippen LogP contribution in [0.25, 0.3) is 10.9 Å². The molecule has 0 unspecified atom stereocenters. The van der Waals surface area contributed by atoms with Crippen LogP contribution in [0.5, 0.6) is 5.88 Å². The summed E-state index contributed by atoms with van der Waals surface area (Å²) in [5.74, 6) is 0.415. The van der Waals surface area contributed by atoms with Crippen LogP contribution < -0.4 is 5.69 Å². The van der Waals surface area contributed by atoms with E-state index in [1.54, 1.807) is 27.3 Å². The van der Waals surface area contributed by atoms with Gasteiger partial charge in [-0.2, -0.15) is 4.98 Å². The summed E-state index contributed by atoms with van der Waals surface area (Å²) in [7, 11) is 0. The minimum absolute atomic E-state index is 0.115. The van der Waals surface area contributed by atoms with E-state index in [0.717, 1.165) is 16.0 Å². The van der Waals surface area contributed by atoms with E-state index in [2.05, 4.69) is 9.88 Å². The van der Waals surface area contributed by atoms with Gasteiger partial charge in [-0.1, -0.05) is 41.9 Å². The van der Waals surface area contributed by atoms with Gasteiger partial charge in [0.25, 0.3) is 0 Å². The van der Waals surface area contributed by atoms with Crippen LogP contribution in [-0.2, 0) is 11.3 Å². The molecule has 3 aromatic rings. The van der Waals surface area contributed by atoms with Gasteiger partial charge in [-0.25, -0.2) is 9.59 Å². The van der Waals surface area contributed by atoms with E-state index >= 15 is 0 Å². The monoisotopic (exact) mass is 500 g/mol. The van der Waals surface area contributed by atoms with Crippen LogP contribution in [0.15, 0.2) is 46.1 Å². The summed E-state index contributed by atoms with van der Waals surface area (Å²) in [4.78, 5) is 33.9. The maximum absolute atomic E-state index is 12.8. The number of nitrogens with zero attached hydrogens (tertiary/aromatic N) is 4. The Morgan fingerprint density at radius 2 is 1.97 bits per heavy atom. The Bertz CT molecular complexity index is 1290. The maximum Gasteiger partial charge on any atom is 0.410 e. The molecule has 1 fully saturated rings. The zero-order valence-electron chi connectivity index (χ0n) is 18.7. The van der Waals surface area contributed by atoms with Crippen molar-refractivity contribution in [3.8, 4) is 5.88 Å². The Kier molecular flexibility index (Phi) is 6.42. The number of thioether (sulfide) groups is 1. The fourth-order valence-electron chi connectivity index (χ4n) is 4.54. The topological polar surface area (TPSA) is 87.9 Å². The Balaban J connectivity index is 1.26. The number of benzene rings is 2. The molecule has 0 radical (unpaired) electrons. The molecule has 8 nitrogen and oxygen atoms in total. The highest BCUT2D eigenvalue weighted by molar-refractivity contribution is 7.99. The van der Waals surface area contributed by atoms with Gasteiger partial charge in [-0.3, -0.25) is 9.47 Å². The van der Waals surface area contributed by atoms with Crippen molar-refractivity contribution in [1.29, 1.82) is 0 Å². The summed E-state index contributed by atoms with van der Waals surface area (Å²) >= 11 is 8.14. The molecule has 1 atom stereocenters. The van der Waals surface area contributed by atoms with E-state index in [4.69, 9.17) is 16.3 Å². The van der Waals surface area contributed by atoms with Gasteiger partial charge in [0.05, 0.1) is 26.9 Å². The lowest BCUT2D eigenvalue weighted by atomic mass is 10.1. The number of halogens is 1. The van der Waals surface area contributed by atoms with Crippen LogP contribution in [0.1, 0.15) is 17.2 Å². The number of aromatic nitrogens is 2. The molecule has 0 spiro atoms. The average molecular weight is 501 g/mol. The van der Waals surface area contributed by atoms with E-state index in [-0.39, 0.29) is 24.6 Å². The number of rotatable bonds is 4. The Morgan fingerprint density at radius 1 is 1.24 bits per heavy atom. The second-order valence-corrected chi connectivity index (χ2v) is 10.0. The van der Waals surface area contributed by atoms with Crippen LogP contribution in [0.4, 0.5) is 4.79 Å².